The van der Waals surface area contributed by atoms with E-state index in [1.54, 1.807) is 13.0 Å². The molecule has 116 valence electrons. The summed E-state index contributed by atoms with van der Waals surface area (Å²) >= 11 is 0. The number of rotatable bonds is 3. The quantitative estimate of drug-likeness (QED) is 0.926. The van der Waals surface area contributed by atoms with E-state index in [1.165, 1.54) is 11.1 Å². The van der Waals surface area contributed by atoms with Gasteiger partial charge in [-0.15, -0.1) is 0 Å². The molecule has 1 aliphatic rings. The lowest BCUT2D eigenvalue weighted by molar-refractivity contribution is -0.0144. The van der Waals surface area contributed by atoms with Crippen molar-refractivity contribution in [3.63, 3.8) is 0 Å². The number of pyridine rings is 1. The van der Waals surface area contributed by atoms with Crippen LogP contribution in [0.2, 0.25) is 0 Å². The maximum atomic E-state index is 11.7. The molecule has 2 aromatic rings. The summed E-state index contributed by atoms with van der Waals surface area (Å²) in [7, 11) is 0. The molecule has 6 nitrogen and oxygen atoms in total. The number of H-pyrrole nitrogens is 1. The number of ether oxygens (including phenoxy) is 1. The zero-order valence-corrected chi connectivity index (χ0v) is 12.9. The highest BCUT2D eigenvalue weighted by Crippen LogP contribution is 2.24. The molecule has 0 amide bonds. The first-order valence-corrected chi connectivity index (χ1v) is 7.42. The monoisotopic (exact) mass is 300 g/mol. The minimum absolute atomic E-state index is 0.00214. The standard InChI is InChI=1S/C16H20N4O2/c1-11-8-17-4-3-13(11)9-20-5-6-22-10-15(20)14-7-16(21)19-12(2)18-14/h3-4,7-8,15H,5-6,9-10H2,1-2H3,(H,18,19,21)/t15-/m0/s1. The molecule has 0 aliphatic carbocycles. The second kappa shape index (κ2) is 6.37. The van der Waals surface area contributed by atoms with Gasteiger partial charge in [0.05, 0.1) is 24.9 Å². The Hall–Kier alpha value is -2.05. The normalized spacial score (nSPS) is 19.3. The lowest BCUT2D eigenvalue weighted by Crippen LogP contribution is -2.40. The second-order valence-corrected chi connectivity index (χ2v) is 5.62. The van der Waals surface area contributed by atoms with Crippen molar-refractivity contribution in [1.29, 1.82) is 0 Å². The Morgan fingerprint density at radius 3 is 3.09 bits per heavy atom. The van der Waals surface area contributed by atoms with Crippen LogP contribution in [0.5, 0.6) is 0 Å². The highest BCUT2D eigenvalue weighted by atomic mass is 16.5. The molecule has 3 rings (SSSR count). The Labute approximate surface area is 129 Å². The van der Waals surface area contributed by atoms with E-state index < -0.39 is 0 Å². The molecule has 2 aromatic heterocycles. The molecule has 1 N–H and O–H groups in total. The zero-order chi connectivity index (χ0) is 15.5. The molecule has 0 bridgehead atoms. The number of hydrogen-bond acceptors (Lipinski definition) is 5. The average Bonchev–Trinajstić information content (AvgIpc) is 2.49. The molecule has 1 fully saturated rings. The van der Waals surface area contributed by atoms with Crippen LogP contribution >= 0.6 is 0 Å². The van der Waals surface area contributed by atoms with E-state index in [9.17, 15) is 4.79 Å². The average molecular weight is 300 g/mol. The van der Waals surface area contributed by atoms with Gasteiger partial charge in [0.25, 0.3) is 5.56 Å². The van der Waals surface area contributed by atoms with Crippen LogP contribution in [0.3, 0.4) is 0 Å². The van der Waals surface area contributed by atoms with E-state index in [0.717, 1.165) is 18.8 Å². The van der Waals surface area contributed by atoms with Crippen LogP contribution in [0.25, 0.3) is 0 Å². The van der Waals surface area contributed by atoms with Crippen LogP contribution in [-0.4, -0.2) is 39.6 Å². The minimum atomic E-state index is -0.117. The van der Waals surface area contributed by atoms with Gasteiger partial charge in [0.15, 0.2) is 0 Å². The summed E-state index contributed by atoms with van der Waals surface area (Å²) in [6.07, 6.45) is 3.69. The molecule has 1 atom stereocenters. The second-order valence-electron chi connectivity index (χ2n) is 5.62. The summed E-state index contributed by atoms with van der Waals surface area (Å²) in [5, 5.41) is 0. The van der Waals surface area contributed by atoms with Crippen LogP contribution in [0, 0.1) is 13.8 Å². The molecule has 0 spiro atoms. The number of nitrogens with zero attached hydrogens (tertiary/aromatic N) is 3. The van der Waals surface area contributed by atoms with Crippen molar-refractivity contribution in [1.82, 2.24) is 19.9 Å². The van der Waals surface area contributed by atoms with E-state index in [-0.39, 0.29) is 11.6 Å². The van der Waals surface area contributed by atoms with Crippen molar-refractivity contribution >= 4 is 0 Å². The van der Waals surface area contributed by atoms with Gasteiger partial charge in [-0.2, -0.15) is 0 Å². The summed E-state index contributed by atoms with van der Waals surface area (Å²) in [4.78, 5) is 25.3. The van der Waals surface area contributed by atoms with Gasteiger partial charge >= 0.3 is 0 Å². The van der Waals surface area contributed by atoms with Crippen LogP contribution in [-0.2, 0) is 11.3 Å². The fourth-order valence-corrected chi connectivity index (χ4v) is 2.77. The van der Waals surface area contributed by atoms with Gasteiger partial charge in [0, 0.05) is 31.5 Å². The highest BCUT2D eigenvalue weighted by Gasteiger charge is 2.26. The number of morpholine rings is 1. The van der Waals surface area contributed by atoms with Crippen LogP contribution in [0.1, 0.15) is 28.7 Å². The number of aromatic nitrogens is 3. The van der Waals surface area contributed by atoms with E-state index in [2.05, 4.69) is 26.8 Å². The molecule has 0 aromatic carbocycles. The fourth-order valence-electron chi connectivity index (χ4n) is 2.77. The number of nitrogens with one attached hydrogen (secondary N) is 1. The van der Waals surface area contributed by atoms with Gasteiger partial charge in [0.2, 0.25) is 0 Å². The van der Waals surface area contributed by atoms with Gasteiger partial charge in [-0.25, -0.2) is 4.98 Å². The number of aromatic amines is 1. The maximum Gasteiger partial charge on any atom is 0.251 e. The first kappa shape index (κ1) is 14.9. The molecule has 22 heavy (non-hydrogen) atoms. The molecule has 6 heteroatoms. The van der Waals surface area contributed by atoms with Crippen molar-refractivity contribution in [3.8, 4) is 0 Å². The Balaban J connectivity index is 1.88. The van der Waals surface area contributed by atoms with Crippen LogP contribution < -0.4 is 5.56 Å². The smallest absolute Gasteiger partial charge is 0.251 e. The first-order valence-electron chi connectivity index (χ1n) is 7.42. The van der Waals surface area contributed by atoms with Gasteiger partial charge < -0.3 is 9.72 Å². The predicted molar refractivity (Wildman–Crippen MR) is 82.5 cm³/mol. The summed E-state index contributed by atoms with van der Waals surface area (Å²) in [5.41, 5.74) is 3.06. The third kappa shape index (κ3) is 3.23. The maximum absolute atomic E-state index is 11.7. The van der Waals surface area contributed by atoms with Gasteiger partial charge in [-0.1, -0.05) is 0 Å². The van der Waals surface area contributed by atoms with Crippen molar-refractivity contribution in [2.75, 3.05) is 19.8 Å². The van der Waals surface area contributed by atoms with E-state index in [0.29, 0.717) is 19.0 Å². The van der Waals surface area contributed by atoms with E-state index in [1.807, 2.05) is 18.5 Å². The Bertz CT molecular complexity index is 713. The third-order valence-electron chi connectivity index (χ3n) is 3.97. The highest BCUT2D eigenvalue weighted by molar-refractivity contribution is 5.22. The molecule has 0 unspecified atom stereocenters. The molecular formula is C16H20N4O2. The number of aryl methyl sites for hydroxylation is 2. The fraction of sp³-hybridized carbons (Fsp3) is 0.438. The van der Waals surface area contributed by atoms with Crippen molar-refractivity contribution < 1.29 is 4.74 Å². The summed E-state index contributed by atoms with van der Waals surface area (Å²) in [6, 6.07) is 3.61. The Morgan fingerprint density at radius 1 is 1.45 bits per heavy atom. The predicted octanol–water partition coefficient (Wildman–Crippen LogP) is 1.36. The summed E-state index contributed by atoms with van der Waals surface area (Å²) < 4.78 is 5.61. The SMILES string of the molecule is Cc1nc([C@@H]2COCCN2Cc2ccncc2C)cc(=O)[nH]1. The molecule has 0 radical (unpaired) electrons. The van der Waals surface area contributed by atoms with Gasteiger partial charge in [0.1, 0.15) is 5.82 Å². The zero-order valence-electron chi connectivity index (χ0n) is 12.9. The molecule has 0 saturated carbocycles. The lowest BCUT2D eigenvalue weighted by Gasteiger charge is -2.35. The lowest BCUT2D eigenvalue weighted by atomic mass is 10.1. The van der Waals surface area contributed by atoms with Crippen LogP contribution in [0.15, 0.2) is 29.3 Å². The largest absolute Gasteiger partial charge is 0.378 e. The van der Waals surface area contributed by atoms with Crippen molar-refractivity contribution in [3.05, 3.63) is 57.5 Å². The Kier molecular flexibility index (Phi) is 4.31. The first-order chi connectivity index (χ1) is 10.6. The van der Waals surface area contributed by atoms with Crippen molar-refractivity contribution in [2.45, 2.75) is 26.4 Å². The van der Waals surface area contributed by atoms with Crippen LogP contribution in [0.4, 0.5) is 0 Å². The van der Waals surface area contributed by atoms with Gasteiger partial charge in [-0.05, 0) is 31.0 Å². The van der Waals surface area contributed by atoms with E-state index in [4.69, 9.17) is 4.74 Å². The molecule has 1 aliphatic heterocycles. The minimum Gasteiger partial charge on any atom is -0.378 e. The molecular weight excluding hydrogens is 280 g/mol. The molecule has 1 saturated heterocycles. The molecule has 3 heterocycles. The topological polar surface area (TPSA) is 71.1 Å². The third-order valence-corrected chi connectivity index (χ3v) is 3.97. The summed E-state index contributed by atoms with van der Waals surface area (Å²) in [6.45, 7) is 6.73. The van der Waals surface area contributed by atoms with Crippen molar-refractivity contribution in [2.24, 2.45) is 0 Å². The van der Waals surface area contributed by atoms with E-state index >= 15 is 0 Å². The number of hydrogen-bond donors (Lipinski definition) is 1. The summed E-state index contributed by atoms with van der Waals surface area (Å²) in [5.74, 6) is 0.633. The Morgan fingerprint density at radius 2 is 2.32 bits per heavy atom. The van der Waals surface area contributed by atoms with Gasteiger partial charge in [-0.3, -0.25) is 14.7 Å².